The van der Waals surface area contributed by atoms with E-state index in [0.717, 1.165) is 11.1 Å². The predicted octanol–water partition coefficient (Wildman–Crippen LogP) is 2.48. The molecule has 0 spiro atoms. The van der Waals surface area contributed by atoms with Crippen molar-refractivity contribution in [1.29, 1.82) is 0 Å². The van der Waals surface area contributed by atoms with E-state index in [4.69, 9.17) is 15.2 Å². The van der Waals surface area contributed by atoms with E-state index in [1.54, 1.807) is 26.1 Å². The zero-order valence-corrected chi connectivity index (χ0v) is 22.3. The van der Waals surface area contributed by atoms with E-state index in [1.165, 1.54) is 12.0 Å². The number of aliphatic hydroxyl groups excluding tert-OH is 1. The molecule has 10 nitrogen and oxygen atoms in total. The minimum absolute atomic E-state index is 0.133. The first-order valence-electron chi connectivity index (χ1n) is 12.9. The average Bonchev–Trinajstić information content (AvgIpc) is 3.64. The zero-order valence-electron chi connectivity index (χ0n) is 22.3. The molecule has 3 heterocycles. The number of carbonyl (C=O) groups is 2. The number of aromatic nitrogens is 1. The molecular formula is C28H35N5O5. The van der Waals surface area contributed by atoms with Crippen LogP contribution in [-0.2, 0) is 9.59 Å². The Balaban J connectivity index is 1.42. The second kappa shape index (κ2) is 9.27. The Morgan fingerprint density at radius 1 is 1.24 bits per heavy atom. The molecule has 2 amide bonds. The van der Waals surface area contributed by atoms with Crippen molar-refractivity contribution in [1.82, 2.24) is 15.2 Å². The molecule has 1 fully saturated rings. The molecule has 10 heteroatoms. The topological polar surface area (TPSA) is 139 Å². The number of ether oxygens (including phenoxy) is 2. The third kappa shape index (κ3) is 4.69. The first-order chi connectivity index (χ1) is 17.9. The van der Waals surface area contributed by atoms with Gasteiger partial charge in [0.2, 0.25) is 17.7 Å². The lowest BCUT2D eigenvalue weighted by Gasteiger charge is -2.42. The Morgan fingerprint density at radius 2 is 1.97 bits per heavy atom. The molecule has 1 aliphatic carbocycles. The Labute approximate surface area is 222 Å². The molecule has 1 aromatic heterocycles. The Bertz CT molecular complexity index is 1270. The molecule has 2 aliphatic heterocycles. The van der Waals surface area contributed by atoms with Gasteiger partial charge in [0.1, 0.15) is 17.5 Å². The lowest BCUT2D eigenvalue weighted by molar-refractivity contribution is -0.132. The van der Waals surface area contributed by atoms with Gasteiger partial charge in [-0.15, -0.1) is 0 Å². The van der Waals surface area contributed by atoms with Gasteiger partial charge in [0.25, 0.3) is 0 Å². The molecule has 202 valence electrons. The number of para-hydroxylation sites is 1. The van der Waals surface area contributed by atoms with Crippen molar-refractivity contribution in [3.8, 4) is 11.6 Å². The summed E-state index contributed by atoms with van der Waals surface area (Å²) in [5.74, 6) is 0.275. The molecule has 1 aromatic carbocycles. The smallest absolute Gasteiger partial charge is 0.232 e. The molecule has 0 radical (unpaired) electrons. The van der Waals surface area contributed by atoms with E-state index < -0.39 is 29.3 Å². The molecule has 0 unspecified atom stereocenters. The number of nitrogens with one attached hydrogen (secondary N) is 1. The standard InChI is InChI=1S/C28H35N5O5/c1-27(2)13-21(34)33(26(29)32-27)23(15-10-11-20(37-5)30-14-15)17-12-18(17)25(36)31-22-16-8-6-7-9-19(16)38-28(3,4)24(22)35/h6-11,14,17-18,22-24,35H,12-13H2,1-5H3,(H2,29,32)(H,31,36)/t17-,18-,22-,23-,24+/m1/s1. The molecule has 5 rings (SSSR count). The van der Waals surface area contributed by atoms with Crippen molar-refractivity contribution in [3.63, 3.8) is 0 Å². The normalized spacial score (nSPS) is 27.9. The molecule has 4 N–H and O–H groups in total. The van der Waals surface area contributed by atoms with Gasteiger partial charge in [-0.2, -0.15) is 0 Å². The second-order valence-corrected chi connectivity index (χ2v) is 11.5. The number of rotatable bonds is 6. The number of aliphatic imine (C=N–C) groups is 1. The van der Waals surface area contributed by atoms with Crippen molar-refractivity contribution in [2.75, 3.05) is 7.11 Å². The summed E-state index contributed by atoms with van der Waals surface area (Å²) in [7, 11) is 1.53. The SMILES string of the molecule is COc1ccc([C@H]([C@@H]2C[C@H]2C(=O)N[C@@H]2c3ccccc3OC(C)(C)[C@H]2O)N2C(=O)CC(C)(C)N=C2N)cn1. The Kier molecular flexibility index (Phi) is 6.33. The van der Waals surface area contributed by atoms with Crippen LogP contribution in [0.5, 0.6) is 11.6 Å². The van der Waals surface area contributed by atoms with Crippen LogP contribution in [0, 0.1) is 11.8 Å². The minimum Gasteiger partial charge on any atom is -0.485 e. The minimum atomic E-state index is -0.950. The maximum atomic E-state index is 13.6. The van der Waals surface area contributed by atoms with Gasteiger partial charge in [-0.1, -0.05) is 24.3 Å². The van der Waals surface area contributed by atoms with E-state index in [-0.39, 0.29) is 36.0 Å². The second-order valence-electron chi connectivity index (χ2n) is 11.5. The number of hydrogen-bond acceptors (Lipinski definition) is 8. The molecule has 0 saturated heterocycles. The molecule has 3 aliphatic rings. The van der Waals surface area contributed by atoms with E-state index >= 15 is 0 Å². The van der Waals surface area contributed by atoms with E-state index in [2.05, 4.69) is 15.3 Å². The quantitative estimate of drug-likeness (QED) is 0.531. The summed E-state index contributed by atoms with van der Waals surface area (Å²) >= 11 is 0. The zero-order chi connectivity index (χ0) is 27.4. The highest BCUT2D eigenvalue weighted by atomic mass is 16.5. The summed E-state index contributed by atoms with van der Waals surface area (Å²) in [4.78, 5) is 37.3. The number of nitrogens with two attached hydrogens (primary N) is 1. The van der Waals surface area contributed by atoms with Gasteiger partial charge in [0.15, 0.2) is 5.96 Å². The molecule has 1 saturated carbocycles. The lowest BCUT2D eigenvalue weighted by Crippen LogP contribution is -2.54. The summed E-state index contributed by atoms with van der Waals surface area (Å²) in [5.41, 5.74) is 6.33. The first-order valence-corrected chi connectivity index (χ1v) is 12.9. The monoisotopic (exact) mass is 521 g/mol. The van der Waals surface area contributed by atoms with Crippen LogP contribution in [0.1, 0.15) is 63.7 Å². The highest BCUT2D eigenvalue weighted by molar-refractivity contribution is 5.99. The Hall–Kier alpha value is -3.66. The number of hydrogen-bond donors (Lipinski definition) is 3. The summed E-state index contributed by atoms with van der Waals surface area (Å²) in [6.07, 6.45) is 1.46. The van der Waals surface area contributed by atoms with Crippen LogP contribution in [0.4, 0.5) is 0 Å². The van der Waals surface area contributed by atoms with E-state index in [1.807, 2.05) is 44.2 Å². The molecule has 5 atom stereocenters. The summed E-state index contributed by atoms with van der Waals surface area (Å²) in [6, 6.07) is 9.81. The third-order valence-electron chi connectivity index (χ3n) is 7.64. The van der Waals surface area contributed by atoms with Crippen LogP contribution in [0.3, 0.4) is 0 Å². The number of nitrogens with zero attached hydrogens (tertiary/aromatic N) is 3. The molecule has 0 bridgehead atoms. The van der Waals surface area contributed by atoms with Crippen LogP contribution in [-0.4, -0.2) is 57.1 Å². The maximum Gasteiger partial charge on any atom is 0.232 e. The number of aliphatic hydroxyl groups is 1. The number of fused-ring (bicyclic) bond motifs is 1. The summed E-state index contributed by atoms with van der Waals surface area (Å²) < 4.78 is 11.2. The fourth-order valence-electron chi connectivity index (χ4n) is 5.59. The van der Waals surface area contributed by atoms with Gasteiger partial charge in [0, 0.05) is 23.7 Å². The maximum absolute atomic E-state index is 13.6. The third-order valence-corrected chi connectivity index (χ3v) is 7.64. The Morgan fingerprint density at radius 3 is 2.63 bits per heavy atom. The molecule has 38 heavy (non-hydrogen) atoms. The van der Waals surface area contributed by atoms with Gasteiger partial charge in [0.05, 0.1) is 31.2 Å². The van der Waals surface area contributed by atoms with Gasteiger partial charge >= 0.3 is 0 Å². The van der Waals surface area contributed by atoms with Crippen LogP contribution in [0.2, 0.25) is 0 Å². The van der Waals surface area contributed by atoms with Crippen LogP contribution in [0.15, 0.2) is 47.6 Å². The van der Waals surface area contributed by atoms with Crippen molar-refractivity contribution in [2.24, 2.45) is 22.6 Å². The van der Waals surface area contributed by atoms with E-state index in [9.17, 15) is 14.7 Å². The van der Waals surface area contributed by atoms with Crippen LogP contribution in [0.25, 0.3) is 0 Å². The lowest BCUT2D eigenvalue weighted by atomic mass is 9.86. The van der Waals surface area contributed by atoms with Crippen molar-refractivity contribution in [3.05, 3.63) is 53.7 Å². The highest BCUT2D eigenvalue weighted by Crippen LogP contribution is 2.51. The number of amides is 2. The number of carbonyl (C=O) groups excluding carboxylic acids is 2. The molecular weight excluding hydrogens is 486 g/mol. The van der Waals surface area contributed by atoms with Gasteiger partial charge in [-0.3, -0.25) is 14.5 Å². The van der Waals surface area contributed by atoms with Crippen molar-refractivity contribution >= 4 is 17.8 Å². The number of methoxy groups -OCH3 is 1. The van der Waals surface area contributed by atoms with Crippen molar-refractivity contribution in [2.45, 2.75) is 69.9 Å². The summed E-state index contributed by atoms with van der Waals surface area (Å²) in [6.45, 7) is 7.33. The fourth-order valence-corrected chi connectivity index (χ4v) is 5.59. The van der Waals surface area contributed by atoms with Crippen molar-refractivity contribution < 1.29 is 24.2 Å². The first kappa shape index (κ1) is 26.0. The van der Waals surface area contributed by atoms with Gasteiger partial charge < -0.3 is 25.6 Å². The predicted molar refractivity (Wildman–Crippen MR) is 140 cm³/mol. The number of benzene rings is 1. The van der Waals surface area contributed by atoms with Crippen LogP contribution < -0.4 is 20.5 Å². The van der Waals surface area contributed by atoms with Gasteiger partial charge in [-0.25, -0.2) is 9.98 Å². The summed E-state index contributed by atoms with van der Waals surface area (Å²) in [5, 5.41) is 14.1. The number of pyridine rings is 1. The van der Waals surface area contributed by atoms with Crippen LogP contribution >= 0.6 is 0 Å². The van der Waals surface area contributed by atoms with Gasteiger partial charge in [-0.05, 0) is 51.7 Å². The largest absolute Gasteiger partial charge is 0.485 e. The van der Waals surface area contributed by atoms with E-state index in [0.29, 0.717) is 18.1 Å². The highest BCUT2D eigenvalue weighted by Gasteiger charge is 2.54. The fraction of sp³-hybridized carbons (Fsp3) is 0.500. The molecule has 2 aromatic rings. The number of guanidine groups is 1. The average molecular weight is 522 g/mol.